The Morgan fingerprint density at radius 1 is 1.00 bits per heavy atom. The van der Waals surface area contributed by atoms with E-state index in [1.807, 2.05) is 0 Å². The van der Waals surface area contributed by atoms with Crippen LogP contribution in [-0.4, -0.2) is 24.6 Å². The summed E-state index contributed by atoms with van der Waals surface area (Å²) in [5.41, 5.74) is 0.251. The standard InChI is InChI=1S/C17H13Cl4NO4/c1-9(17(24)22-14-7-12(20)11(19)6-13(14)21)26-16(23)8-25-15-5-3-2-4-10(15)18/h2-7,9H,8H2,1H3,(H,22,24). The molecule has 0 fully saturated rings. The molecule has 1 N–H and O–H groups in total. The average Bonchev–Trinajstić information content (AvgIpc) is 2.58. The molecule has 0 spiro atoms. The predicted octanol–water partition coefficient (Wildman–Crippen LogP) is 5.25. The van der Waals surface area contributed by atoms with Crippen LogP contribution in [0.25, 0.3) is 0 Å². The molecule has 1 unspecified atom stereocenters. The summed E-state index contributed by atoms with van der Waals surface area (Å²) in [5, 5.41) is 3.56. The number of ether oxygens (including phenoxy) is 2. The lowest BCUT2D eigenvalue weighted by Crippen LogP contribution is -2.31. The number of carbonyl (C=O) groups excluding carboxylic acids is 2. The highest BCUT2D eigenvalue weighted by Gasteiger charge is 2.20. The zero-order chi connectivity index (χ0) is 19.3. The van der Waals surface area contributed by atoms with Gasteiger partial charge in [0.05, 0.1) is 25.8 Å². The molecule has 9 heteroatoms. The molecule has 0 aliphatic heterocycles. The van der Waals surface area contributed by atoms with Crippen LogP contribution in [-0.2, 0) is 14.3 Å². The summed E-state index contributed by atoms with van der Waals surface area (Å²) < 4.78 is 10.3. The summed E-state index contributed by atoms with van der Waals surface area (Å²) in [4.78, 5) is 24.0. The van der Waals surface area contributed by atoms with Crippen molar-refractivity contribution in [3.63, 3.8) is 0 Å². The lowest BCUT2D eigenvalue weighted by atomic mass is 10.3. The third kappa shape index (κ3) is 5.68. The van der Waals surface area contributed by atoms with Crippen molar-refractivity contribution >= 4 is 64.0 Å². The van der Waals surface area contributed by atoms with Crippen LogP contribution in [0.15, 0.2) is 36.4 Å². The molecule has 26 heavy (non-hydrogen) atoms. The predicted molar refractivity (Wildman–Crippen MR) is 103 cm³/mol. The molecule has 0 saturated heterocycles. The number of esters is 1. The molecule has 0 saturated carbocycles. The van der Waals surface area contributed by atoms with Crippen molar-refractivity contribution in [2.45, 2.75) is 13.0 Å². The fourth-order valence-corrected chi connectivity index (χ4v) is 2.62. The Morgan fingerprint density at radius 3 is 2.35 bits per heavy atom. The van der Waals surface area contributed by atoms with E-state index in [0.29, 0.717) is 10.8 Å². The molecular weight excluding hydrogens is 424 g/mol. The first-order valence-electron chi connectivity index (χ1n) is 7.30. The summed E-state index contributed by atoms with van der Waals surface area (Å²) in [5.74, 6) is -0.977. The maximum Gasteiger partial charge on any atom is 0.344 e. The van der Waals surface area contributed by atoms with Crippen molar-refractivity contribution in [3.05, 3.63) is 56.5 Å². The van der Waals surface area contributed by atoms with Crippen molar-refractivity contribution in [1.82, 2.24) is 0 Å². The van der Waals surface area contributed by atoms with Gasteiger partial charge in [0.1, 0.15) is 5.75 Å². The van der Waals surface area contributed by atoms with Gasteiger partial charge in [-0.1, -0.05) is 58.5 Å². The van der Waals surface area contributed by atoms with E-state index in [0.717, 1.165) is 0 Å². The van der Waals surface area contributed by atoms with E-state index in [1.165, 1.54) is 19.1 Å². The molecule has 138 valence electrons. The number of benzene rings is 2. The third-order valence-corrected chi connectivity index (χ3v) is 4.47. The van der Waals surface area contributed by atoms with Gasteiger partial charge in [-0.15, -0.1) is 0 Å². The van der Waals surface area contributed by atoms with Gasteiger partial charge in [-0.2, -0.15) is 0 Å². The van der Waals surface area contributed by atoms with Gasteiger partial charge >= 0.3 is 5.97 Å². The minimum atomic E-state index is -1.08. The van der Waals surface area contributed by atoms with Crippen LogP contribution >= 0.6 is 46.4 Å². The van der Waals surface area contributed by atoms with Crippen LogP contribution in [0.4, 0.5) is 5.69 Å². The first-order valence-corrected chi connectivity index (χ1v) is 8.81. The van der Waals surface area contributed by atoms with E-state index in [9.17, 15) is 9.59 Å². The van der Waals surface area contributed by atoms with E-state index in [-0.39, 0.29) is 20.8 Å². The van der Waals surface area contributed by atoms with E-state index < -0.39 is 24.6 Å². The number of hydrogen-bond donors (Lipinski definition) is 1. The minimum Gasteiger partial charge on any atom is -0.480 e. The molecule has 0 aromatic heterocycles. The number of hydrogen-bond acceptors (Lipinski definition) is 4. The largest absolute Gasteiger partial charge is 0.480 e. The van der Waals surface area contributed by atoms with Gasteiger partial charge in [-0.3, -0.25) is 4.79 Å². The normalized spacial score (nSPS) is 11.6. The Bertz CT molecular complexity index is 828. The van der Waals surface area contributed by atoms with Crippen molar-refractivity contribution < 1.29 is 19.1 Å². The Morgan fingerprint density at radius 2 is 1.65 bits per heavy atom. The number of amides is 1. The second kappa shape index (κ2) is 9.33. The second-order valence-corrected chi connectivity index (χ2v) is 6.72. The fraction of sp³-hybridized carbons (Fsp3) is 0.176. The van der Waals surface area contributed by atoms with Crippen molar-refractivity contribution in [1.29, 1.82) is 0 Å². The minimum absolute atomic E-state index is 0.202. The van der Waals surface area contributed by atoms with E-state index in [2.05, 4.69) is 5.32 Å². The number of halogens is 4. The van der Waals surface area contributed by atoms with Crippen molar-refractivity contribution in [2.75, 3.05) is 11.9 Å². The number of anilines is 1. The summed E-state index contributed by atoms with van der Waals surface area (Å²) >= 11 is 23.6. The monoisotopic (exact) mass is 435 g/mol. The molecule has 0 heterocycles. The average molecular weight is 437 g/mol. The lowest BCUT2D eigenvalue weighted by Gasteiger charge is -2.15. The molecule has 1 atom stereocenters. The third-order valence-electron chi connectivity index (χ3n) is 3.13. The van der Waals surface area contributed by atoms with Crippen LogP contribution in [0, 0.1) is 0 Å². The zero-order valence-electron chi connectivity index (χ0n) is 13.4. The van der Waals surface area contributed by atoms with Crippen LogP contribution < -0.4 is 10.1 Å². The van der Waals surface area contributed by atoms with Gasteiger partial charge in [-0.05, 0) is 31.2 Å². The highest BCUT2D eigenvalue weighted by Crippen LogP contribution is 2.32. The lowest BCUT2D eigenvalue weighted by molar-refractivity contribution is -0.155. The number of rotatable bonds is 6. The highest BCUT2D eigenvalue weighted by molar-refractivity contribution is 6.44. The molecular formula is C17H13Cl4NO4. The fourth-order valence-electron chi connectivity index (χ4n) is 1.84. The van der Waals surface area contributed by atoms with Crippen LogP contribution in [0.5, 0.6) is 5.75 Å². The first-order chi connectivity index (χ1) is 12.3. The van der Waals surface area contributed by atoms with Crippen molar-refractivity contribution in [3.8, 4) is 5.75 Å². The molecule has 2 aromatic rings. The Balaban J connectivity index is 1.89. The molecule has 0 bridgehead atoms. The smallest absolute Gasteiger partial charge is 0.344 e. The number of carbonyl (C=O) groups is 2. The summed E-state index contributed by atoms with van der Waals surface area (Å²) in [7, 11) is 0. The van der Waals surface area contributed by atoms with Crippen molar-refractivity contribution in [2.24, 2.45) is 0 Å². The Hall–Kier alpha value is -1.66. The topological polar surface area (TPSA) is 64.6 Å². The molecule has 0 aliphatic carbocycles. The molecule has 0 aliphatic rings. The van der Waals surface area contributed by atoms with Gasteiger partial charge < -0.3 is 14.8 Å². The van der Waals surface area contributed by atoms with Gasteiger partial charge in [0.2, 0.25) is 0 Å². The summed E-state index contributed by atoms with van der Waals surface area (Å²) in [6.45, 7) is 1.02. The summed E-state index contributed by atoms with van der Waals surface area (Å²) in [6.07, 6.45) is -1.08. The molecule has 5 nitrogen and oxygen atoms in total. The quantitative estimate of drug-likeness (QED) is 0.496. The number of nitrogens with one attached hydrogen (secondary N) is 1. The zero-order valence-corrected chi connectivity index (χ0v) is 16.4. The molecule has 0 radical (unpaired) electrons. The van der Waals surface area contributed by atoms with Gasteiger partial charge in [0.15, 0.2) is 12.7 Å². The maximum atomic E-state index is 12.1. The second-order valence-electron chi connectivity index (χ2n) is 5.09. The summed E-state index contributed by atoms with van der Waals surface area (Å²) in [6, 6.07) is 9.48. The first kappa shape index (κ1) is 20.6. The van der Waals surface area contributed by atoms with Gasteiger partial charge in [0, 0.05) is 0 Å². The van der Waals surface area contributed by atoms with E-state index in [4.69, 9.17) is 55.9 Å². The highest BCUT2D eigenvalue weighted by atomic mass is 35.5. The molecule has 2 aromatic carbocycles. The van der Waals surface area contributed by atoms with E-state index in [1.54, 1.807) is 24.3 Å². The number of para-hydroxylation sites is 1. The van der Waals surface area contributed by atoms with Gasteiger partial charge in [-0.25, -0.2) is 4.79 Å². The van der Waals surface area contributed by atoms with Crippen LogP contribution in [0.3, 0.4) is 0 Å². The SMILES string of the molecule is CC(OC(=O)COc1ccccc1Cl)C(=O)Nc1cc(Cl)c(Cl)cc1Cl. The molecule has 1 amide bonds. The van der Waals surface area contributed by atoms with Crippen LogP contribution in [0.2, 0.25) is 20.1 Å². The Kier molecular flexibility index (Phi) is 7.41. The van der Waals surface area contributed by atoms with Gasteiger partial charge in [0.25, 0.3) is 5.91 Å². The van der Waals surface area contributed by atoms with Crippen LogP contribution in [0.1, 0.15) is 6.92 Å². The van der Waals surface area contributed by atoms with E-state index >= 15 is 0 Å². The molecule has 2 rings (SSSR count). The maximum absolute atomic E-state index is 12.1. The Labute approximate surface area is 170 Å².